The Bertz CT molecular complexity index is 1140. The molecule has 2 rings (SSSR count). The van der Waals surface area contributed by atoms with Crippen LogP contribution >= 0.6 is 11.6 Å². The van der Waals surface area contributed by atoms with E-state index in [0.29, 0.717) is 22.6 Å². The predicted molar refractivity (Wildman–Crippen MR) is 153 cm³/mol. The lowest BCUT2D eigenvalue weighted by molar-refractivity contribution is -0.144. The molecule has 0 radical (unpaired) electrons. The van der Waals surface area contributed by atoms with Crippen LogP contribution in [-0.2, 0) is 19.1 Å². The van der Waals surface area contributed by atoms with Crippen molar-refractivity contribution in [3.63, 3.8) is 0 Å². The third kappa shape index (κ3) is 13.9. The van der Waals surface area contributed by atoms with Crippen molar-refractivity contribution >= 4 is 35.1 Å². The second kappa shape index (κ2) is 17.2. The van der Waals surface area contributed by atoms with Crippen molar-refractivity contribution < 1.29 is 48.3 Å². The quantitative estimate of drug-likeness (QED) is 0.102. The summed E-state index contributed by atoms with van der Waals surface area (Å²) in [6, 6.07) is 12.8. The third-order valence-electron chi connectivity index (χ3n) is 5.02. The highest BCUT2D eigenvalue weighted by Crippen LogP contribution is 2.18. The number of Topliss-reactive ketones (excluding diaryl/α,β-unsaturated/α-hetero) is 2. The summed E-state index contributed by atoms with van der Waals surface area (Å²) >= 11 is 5.40. The van der Waals surface area contributed by atoms with Gasteiger partial charge in [-0.15, -0.1) is 11.6 Å². The molecule has 0 atom stereocenters. The summed E-state index contributed by atoms with van der Waals surface area (Å²) in [4.78, 5) is 45.4. The summed E-state index contributed by atoms with van der Waals surface area (Å²) in [7, 11) is 0. The number of aliphatic hydroxyl groups is 2. The Morgan fingerprint density at radius 2 is 1.12 bits per heavy atom. The Balaban J connectivity index is 0.000000410. The molecule has 0 bridgehead atoms. The van der Waals surface area contributed by atoms with E-state index in [1.807, 2.05) is 0 Å². The lowest BCUT2D eigenvalue weighted by Gasteiger charge is -2.15. The van der Waals surface area contributed by atoms with Gasteiger partial charge < -0.3 is 29.2 Å². The van der Waals surface area contributed by atoms with Crippen molar-refractivity contribution in [2.24, 2.45) is 0 Å². The summed E-state index contributed by atoms with van der Waals surface area (Å²) in [6.45, 7) is 9.71. The van der Waals surface area contributed by atoms with Gasteiger partial charge in [0.1, 0.15) is 49.1 Å². The van der Waals surface area contributed by atoms with Crippen LogP contribution < -0.4 is 9.47 Å². The largest absolute Gasteiger partial charge is 0.490 e. The van der Waals surface area contributed by atoms with Gasteiger partial charge in [-0.2, -0.15) is 0 Å². The first kappa shape index (κ1) is 35.3. The highest BCUT2D eigenvalue weighted by atomic mass is 35.5. The van der Waals surface area contributed by atoms with Gasteiger partial charge in [-0.3, -0.25) is 14.4 Å². The van der Waals surface area contributed by atoms with E-state index in [-0.39, 0.29) is 56.3 Å². The second-order valence-corrected chi connectivity index (χ2v) is 9.93. The van der Waals surface area contributed by atoms with Crippen LogP contribution in [0, 0.1) is 0 Å². The Labute approximate surface area is 244 Å². The number of ether oxygens (including phenoxy) is 4. The van der Waals surface area contributed by atoms with Crippen LogP contribution in [0.1, 0.15) is 54.8 Å². The average molecular weight is 593 g/mol. The van der Waals surface area contributed by atoms with E-state index in [1.165, 1.54) is 27.7 Å². The molecule has 41 heavy (non-hydrogen) atoms. The topological polar surface area (TPSA) is 146 Å². The number of esters is 2. The molecule has 0 unspecified atom stereocenters. The highest BCUT2D eigenvalue weighted by Gasteiger charge is 2.25. The highest BCUT2D eigenvalue weighted by molar-refractivity contribution is 6.18. The van der Waals surface area contributed by atoms with Gasteiger partial charge in [0.25, 0.3) is 0 Å². The normalized spacial score (nSPS) is 10.9. The molecule has 0 aliphatic rings. The van der Waals surface area contributed by atoms with Crippen LogP contribution in [0.2, 0.25) is 0 Å². The number of rotatable bonds is 15. The number of halogens is 1. The molecule has 2 aromatic rings. The van der Waals surface area contributed by atoms with Crippen molar-refractivity contribution in [3.8, 4) is 11.5 Å². The first-order valence-corrected chi connectivity index (χ1v) is 13.2. The van der Waals surface area contributed by atoms with Crippen molar-refractivity contribution in [3.05, 3.63) is 72.3 Å². The molecule has 0 aliphatic heterocycles. The molecule has 0 aliphatic carbocycles. The summed E-state index contributed by atoms with van der Waals surface area (Å²) in [5, 5.41) is 19.3. The molecule has 0 saturated heterocycles. The van der Waals surface area contributed by atoms with Gasteiger partial charge in [0, 0.05) is 23.1 Å². The second-order valence-electron chi connectivity index (χ2n) is 9.55. The van der Waals surface area contributed by atoms with Crippen molar-refractivity contribution in [2.75, 3.05) is 32.3 Å². The molecule has 10 nitrogen and oxygen atoms in total. The van der Waals surface area contributed by atoms with E-state index in [9.17, 15) is 29.4 Å². The maximum absolute atomic E-state index is 11.8. The summed E-state index contributed by atoms with van der Waals surface area (Å²) in [5.74, 6) is -0.244. The molecule has 2 aromatic carbocycles. The lowest BCUT2D eigenvalue weighted by atomic mass is 9.97. The Morgan fingerprint density at radius 1 is 0.732 bits per heavy atom. The third-order valence-corrected chi connectivity index (χ3v) is 5.21. The molecule has 0 amide bonds. The fourth-order valence-corrected chi connectivity index (χ4v) is 3.09. The molecule has 0 fully saturated rings. The molecule has 0 aromatic heterocycles. The molecule has 11 heteroatoms. The van der Waals surface area contributed by atoms with E-state index < -0.39 is 17.2 Å². The van der Waals surface area contributed by atoms with Crippen molar-refractivity contribution in [2.45, 2.75) is 45.3 Å². The van der Waals surface area contributed by atoms with Crippen LogP contribution in [0.15, 0.2) is 61.2 Å². The first-order valence-electron chi connectivity index (χ1n) is 12.7. The number of hydrogen-bond acceptors (Lipinski definition) is 10. The van der Waals surface area contributed by atoms with Crippen LogP contribution in [0.3, 0.4) is 0 Å². The molecule has 0 saturated carbocycles. The maximum Gasteiger partial charge on any atom is 0.330 e. The average Bonchev–Trinajstić information content (AvgIpc) is 2.92. The monoisotopic (exact) mass is 592 g/mol. The van der Waals surface area contributed by atoms with E-state index in [0.717, 1.165) is 6.08 Å². The Kier molecular flexibility index (Phi) is 14.8. The fourth-order valence-electron chi connectivity index (χ4n) is 2.94. The van der Waals surface area contributed by atoms with Gasteiger partial charge in [0.05, 0.1) is 6.42 Å². The zero-order valence-corrected chi connectivity index (χ0v) is 24.4. The number of hydrogen-bond donors (Lipinski definition) is 2. The smallest absolute Gasteiger partial charge is 0.330 e. The number of carbonyl (C=O) groups is 4. The number of ketones is 2. The molecule has 0 heterocycles. The molecule has 2 N–H and O–H groups in total. The molecular weight excluding hydrogens is 556 g/mol. The minimum Gasteiger partial charge on any atom is -0.490 e. The SMILES string of the molecule is C=CC(=O)OCCOc1ccc(C(=O)C(C)(C)O)cc1.CC(C)(O)C(=O)c1ccc(OCCOC(=O)CCCl)cc1. The first-order chi connectivity index (χ1) is 19.2. The minimum absolute atomic E-state index is 0.120. The van der Waals surface area contributed by atoms with E-state index in [2.05, 4.69) is 6.58 Å². The van der Waals surface area contributed by atoms with Crippen molar-refractivity contribution in [1.29, 1.82) is 0 Å². The number of alkyl halides is 1. The van der Waals surface area contributed by atoms with E-state index >= 15 is 0 Å². The Morgan fingerprint density at radius 3 is 1.46 bits per heavy atom. The van der Waals surface area contributed by atoms with Gasteiger partial charge in [0.2, 0.25) is 0 Å². The minimum atomic E-state index is -1.40. The fraction of sp³-hybridized carbons (Fsp3) is 0.400. The zero-order valence-electron chi connectivity index (χ0n) is 23.7. The summed E-state index contributed by atoms with van der Waals surface area (Å²) in [6.07, 6.45) is 1.26. The molecule has 224 valence electrons. The van der Waals surface area contributed by atoms with Gasteiger partial charge in [-0.05, 0) is 76.2 Å². The standard InChI is InChI=1S/C15H19ClO5.C15H18O5/c1-15(2,19)14(18)11-3-5-12(6-4-11)20-9-10-21-13(17)7-8-16;1-4-13(16)20-10-9-19-12-7-5-11(6-8-12)14(17)15(2,3)18/h3-6,19H,7-10H2,1-2H3;4-8,18H,1,9-10H2,2-3H3. The maximum atomic E-state index is 11.8. The van der Waals surface area contributed by atoms with Gasteiger partial charge in [-0.25, -0.2) is 4.79 Å². The molecule has 0 spiro atoms. The van der Waals surface area contributed by atoms with Gasteiger partial charge in [0.15, 0.2) is 11.6 Å². The van der Waals surface area contributed by atoms with Crippen LogP contribution in [0.4, 0.5) is 0 Å². The van der Waals surface area contributed by atoms with Crippen LogP contribution in [0.5, 0.6) is 11.5 Å². The lowest BCUT2D eigenvalue weighted by Crippen LogP contribution is -2.30. The van der Waals surface area contributed by atoms with Gasteiger partial charge >= 0.3 is 11.9 Å². The number of benzene rings is 2. The van der Waals surface area contributed by atoms with Crippen LogP contribution in [0.25, 0.3) is 0 Å². The van der Waals surface area contributed by atoms with Crippen LogP contribution in [-0.4, -0.2) is 77.2 Å². The van der Waals surface area contributed by atoms with Gasteiger partial charge in [-0.1, -0.05) is 6.58 Å². The van der Waals surface area contributed by atoms with Crippen molar-refractivity contribution in [1.82, 2.24) is 0 Å². The zero-order chi connectivity index (χ0) is 31.1. The summed E-state index contributed by atoms with van der Waals surface area (Å²) in [5.41, 5.74) is -1.99. The molecular formula is C30H37ClO10. The summed E-state index contributed by atoms with van der Waals surface area (Å²) < 4.78 is 20.3. The van der Waals surface area contributed by atoms with E-state index in [4.69, 9.17) is 30.5 Å². The predicted octanol–water partition coefficient (Wildman–Crippen LogP) is 3.94. The Hall–Kier alpha value is -3.73. The number of carbonyl (C=O) groups excluding carboxylic acids is 4. The van der Waals surface area contributed by atoms with E-state index in [1.54, 1.807) is 48.5 Å².